The Labute approximate surface area is 120 Å². The molecule has 0 radical (unpaired) electrons. The van der Waals surface area contributed by atoms with E-state index >= 15 is 0 Å². The van der Waals surface area contributed by atoms with Crippen molar-refractivity contribution >= 4 is 0 Å². The van der Waals surface area contributed by atoms with E-state index in [1.165, 1.54) is 16.8 Å². The predicted octanol–water partition coefficient (Wildman–Crippen LogP) is 2.73. The molecule has 0 unspecified atom stereocenters. The molecule has 0 aliphatic rings. The highest BCUT2D eigenvalue weighted by atomic mass is 16.5. The van der Waals surface area contributed by atoms with E-state index < -0.39 is 0 Å². The summed E-state index contributed by atoms with van der Waals surface area (Å²) in [7, 11) is 1.72. The van der Waals surface area contributed by atoms with E-state index in [-0.39, 0.29) is 0 Å². The smallest absolute Gasteiger partial charge is 0.0713 e. The van der Waals surface area contributed by atoms with Crippen molar-refractivity contribution in [3.05, 3.63) is 53.3 Å². The highest BCUT2D eigenvalue weighted by Gasteiger charge is 2.01. The molecule has 0 saturated carbocycles. The van der Waals surface area contributed by atoms with Crippen LogP contribution in [0.25, 0.3) is 0 Å². The number of ether oxygens (including phenoxy) is 1. The summed E-state index contributed by atoms with van der Waals surface area (Å²) >= 11 is 0. The zero-order valence-corrected chi connectivity index (χ0v) is 12.3. The number of benzene rings is 1. The van der Waals surface area contributed by atoms with Crippen LogP contribution in [0.5, 0.6) is 0 Å². The second kappa shape index (κ2) is 7.82. The van der Waals surface area contributed by atoms with Crippen LogP contribution in [-0.2, 0) is 31.0 Å². The highest BCUT2D eigenvalue weighted by Crippen LogP contribution is 2.07. The fourth-order valence-corrected chi connectivity index (χ4v) is 2.25. The molecule has 1 aromatic carbocycles. The molecule has 0 aliphatic carbocycles. The second-order valence-corrected chi connectivity index (χ2v) is 4.90. The summed E-state index contributed by atoms with van der Waals surface area (Å²) in [5, 5.41) is 7.80. The Morgan fingerprint density at radius 1 is 1.20 bits per heavy atom. The lowest BCUT2D eigenvalue weighted by molar-refractivity contribution is 0.185. The van der Waals surface area contributed by atoms with Crippen LogP contribution in [0.4, 0.5) is 0 Å². The summed E-state index contributed by atoms with van der Waals surface area (Å²) in [5.74, 6) is 0. The molecular formula is C16H23N3O. The van der Waals surface area contributed by atoms with Gasteiger partial charge in [-0.05, 0) is 23.6 Å². The number of nitrogens with one attached hydrogen (secondary N) is 1. The van der Waals surface area contributed by atoms with E-state index in [1.54, 1.807) is 7.11 Å². The van der Waals surface area contributed by atoms with E-state index in [0.717, 1.165) is 26.1 Å². The van der Waals surface area contributed by atoms with Crippen molar-refractivity contribution < 1.29 is 4.74 Å². The Balaban J connectivity index is 1.86. The Morgan fingerprint density at radius 3 is 2.85 bits per heavy atom. The van der Waals surface area contributed by atoms with Gasteiger partial charge in [0.15, 0.2) is 0 Å². The van der Waals surface area contributed by atoms with E-state index in [1.807, 2.05) is 6.20 Å². The fourth-order valence-electron chi connectivity index (χ4n) is 2.25. The van der Waals surface area contributed by atoms with Crippen LogP contribution in [-0.4, -0.2) is 16.9 Å². The van der Waals surface area contributed by atoms with Crippen molar-refractivity contribution in [2.45, 2.75) is 39.6 Å². The van der Waals surface area contributed by atoms with Gasteiger partial charge in [0.25, 0.3) is 0 Å². The van der Waals surface area contributed by atoms with Crippen LogP contribution in [0.1, 0.15) is 30.2 Å². The maximum Gasteiger partial charge on any atom is 0.0713 e. The average molecular weight is 273 g/mol. The zero-order chi connectivity index (χ0) is 14.2. The number of aryl methyl sites for hydroxylation is 1. The first-order chi connectivity index (χ1) is 9.83. The van der Waals surface area contributed by atoms with Gasteiger partial charge >= 0.3 is 0 Å². The summed E-state index contributed by atoms with van der Waals surface area (Å²) in [4.78, 5) is 0. The van der Waals surface area contributed by atoms with E-state index in [0.29, 0.717) is 6.61 Å². The molecule has 1 heterocycles. The Morgan fingerprint density at radius 2 is 2.05 bits per heavy atom. The number of aromatic nitrogens is 2. The molecule has 20 heavy (non-hydrogen) atoms. The minimum atomic E-state index is 0.664. The van der Waals surface area contributed by atoms with Crippen molar-refractivity contribution in [3.63, 3.8) is 0 Å². The molecule has 0 bridgehead atoms. The van der Waals surface area contributed by atoms with Crippen molar-refractivity contribution in [1.82, 2.24) is 15.1 Å². The van der Waals surface area contributed by atoms with Gasteiger partial charge in [0.2, 0.25) is 0 Å². The number of hydrogen-bond acceptors (Lipinski definition) is 3. The topological polar surface area (TPSA) is 39.1 Å². The number of methoxy groups -OCH3 is 1. The van der Waals surface area contributed by atoms with Gasteiger partial charge in [0.05, 0.1) is 12.3 Å². The molecule has 0 amide bonds. The molecule has 4 heteroatoms. The van der Waals surface area contributed by atoms with E-state index in [9.17, 15) is 0 Å². The monoisotopic (exact) mass is 273 g/mol. The van der Waals surface area contributed by atoms with Crippen LogP contribution in [0, 0.1) is 0 Å². The second-order valence-electron chi connectivity index (χ2n) is 4.90. The normalized spacial score (nSPS) is 10.9. The molecule has 1 aromatic heterocycles. The highest BCUT2D eigenvalue weighted by molar-refractivity contribution is 5.22. The summed E-state index contributed by atoms with van der Waals surface area (Å²) in [6.07, 6.45) is 2.97. The first kappa shape index (κ1) is 14.8. The molecule has 1 N–H and O–H groups in total. The molecule has 0 aliphatic heterocycles. The third kappa shape index (κ3) is 4.18. The van der Waals surface area contributed by atoms with Crippen molar-refractivity contribution in [2.24, 2.45) is 0 Å². The quantitative estimate of drug-likeness (QED) is 0.804. The fraction of sp³-hybridized carbons (Fsp3) is 0.438. The first-order valence-corrected chi connectivity index (χ1v) is 7.11. The minimum Gasteiger partial charge on any atom is -0.380 e. The van der Waals surface area contributed by atoms with Gasteiger partial charge in [-0.15, -0.1) is 0 Å². The van der Waals surface area contributed by atoms with Gasteiger partial charge in [-0.1, -0.05) is 31.2 Å². The molecule has 0 atom stereocenters. The lowest BCUT2D eigenvalue weighted by Gasteiger charge is -2.09. The molecule has 0 fully saturated rings. The third-order valence-electron chi connectivity index (χ3n) is 3.18. The summed E-state index contributed by atoms with van der Waals surface area (Å²) in [6.45, 7) is 5.51. The zero-order valence-electron chi connectivity index (χ0n) is 12.3. The summed E-state index contributed by atoms with van der Waals surface area (Å²) < 4.78 is 7.22. The molecule has 4 nitrogen and oxygen atoms in total. The average Bonchev–Trinajstić information content (AvgIpc) is 2.88. The van der Waals surface area contributed by atoms with Crippen LogP contribution >= 0.6 is 0 Å². The van der Waals surface area contributed by atoms with Gasteiger partial charge < -0.3 is 10.1 Å². The maximum atomic E-state index is 5.16. The van der Waals surface area contributed by atoms with Gasteiger partial charge in [-0.2, -0.15) is 5.10 Å². The predicted molar refractivity (Wildman–Crippen MR) is 80.2 cm³/mol. The molecule has 108 valence electrons. The SMILES string of the molecule is CCCn1nccc1CNCc1cccc(COC)c1. The maximum absolute atomic E-state index is 5.16. The third-order valence-corrected chi connectivity index (χ3v) is 3.18. The molecule has 2 aromatic rings. The van der Waals surface area contributed by atoms with Gasteiger partial charge in [-0.3, -0.25) is 4.68 Å². The standard InChI is InChI=1S/C16H23N3O/c1-3-9-19-16(7-8-18-19)12-17-11-14-5-4-6-15(10-14)13-20-2/h4-8,10,17H,3,9,11-13H2,1-2H3. The first-order valence-electron chi connectivity index (χ1n) is 7.11. The molecule has 2 rings (SSSR count). The number of rotatable bonds is 8. The molecule has 0 saturated heterocycles. The van der Waals surface area contributed by atoms with Crippen LogP contribution < -0.4 is 5.32 Å². The van der Waals surface area contributed by atoms with Crippen molar-refractivity contribution in [2.75, 3.05) is 7.11 Å². The summed E-state index contributed by atoms with van der Waals surface area (Å²) in [6, 6.07) is 10.6. The Bertz CT molecular complexity index is 522. The lowest BCUT2D eigenvalue weighted by Crippen LogP contribution is -2.16. The lowest BCUT2D eigenvalue weighted by atomic mass is 10.1. The van der Waals surface area contributed by atoms with Crippen molar-refractivity contribution in [3.8, 4) is 0 Å². The molecule has 0 spiro atoms. The van der Waals surface area contributed by atoms with E-state index in [2.05, 4.69) is 52.4 Å². The number of nitrogens with zero attached hydrogens (tertiary/aromatic N) is 2. The van der Waals surface area contributed by atoms with Crippen molar-refractivity contribution in [1.29, 1.82) is 0 Å². The van der Waals surface area contributed by atoms with Crippen LogP contribution in [0.15, 0.2) is 36.5 Å². The van der Waals surface area contributed by atoms with Crippen LogP contribution in [0.3, 0.4) is 0 Å². The van der Waals surface area contributed by atoms with Crippen LogP contribution in [0.2, 0.25) is 0 Å². The number of hydrogen-bond donors (Lipinski definition) is 1. The molecular weight excluding hydrogens is 250 g/mol. The van der Waals surface area contributed by atoms with E-state index in [4.69, 9.17) is 4.74 Å². The minimum absolute atomic E-state index is 0.664. The Kier molecular flexibility index (Phi) is 5.77. The largest absolute Gasteiger partial charge is 0.380 e. The van der Waals surface area contributed by atoms with Gasteiger partial charge in [-0.25, -0.2) is 0 Å². The Hall–Kier alpha value is -1.65. The van der Waals surface area contributed by atoms with Gasteiger partial charge in [0, 0.05) is 32.9 Å². The summed E-state index contributed by atoms with van der Waals surface area (Å²) in [5.41, 5.74) is 3.73. The van der Waals surface area contributed by atoms with Gasteiger partial charge in [0.1, 0.15) is 0 Å².